The van der Waals surface area contributed by atoms with Crippen LogP contribution in [-0.4, -0.2) is 54.9 Å². The average Bonchev–Trinajstić information content (AvgIpc) is 2.46. The molecule has 0 unspecified atom stereocenters. The van der Waals surface area contributed by atoms with Crippen molar-refractivity contribution in [2.75, 3.05) is 32.8 Å². The zero-order valence-electron chi connectivity index (χ0n) is 12.0. The molecule has 0 aromatic heterocycles. The van der Waals surface area contributed by atoms with Crippen molar-refractivity contribution in [3.05, 3.63) is 29.3 Å². The molecule has 5 nitrogen and oxygen atoms in total. The monoisotopic (exact) mass is 276 g/mol. The summed E-state index contributed by atoms with van der Waals surface area (Å²) >= 11 is 0. The highest BCUT2D eigenvalue weighted by Gasteiger charge is 2.20. The SMILES string of the molecule is Cc1ccc(OCC(=O)N2CCN(C=O)CC2)c(C)c1. The van der Waals surface area contributed by atoms with E-state index in [0.29, 0.717) is 26.2 Å². The van der Waals surface area contributed by atoms with Crippen LogP contribution in [0, 0.1) is 13.8 Å². The van der Waals surface area contributed by atoms with Gasteiger partial charge in [-0.3, -0.25) is 9.59 Å². The number of hydrogen-bond donors (Lipinski definition) is 0. The van der Waals surface area contributed by atoms with Gasteiger partial charge < -0.3 is 14.5 Å². The lowest BCUT2D eigenvalue weighted by Gasteiger charge is -2.32. The fraction of sp³-hybridized carbons (Fsp3) is 0.467. The summed E-state index contributed by atoms with van der Waals surface area (Å²) in [5.41, 5.74) is 2.20. The van der Waals surface area contributed by atoms with Crippen molar-refractivity contribution in [3.63, 3.8) is 0 Å². The van der Waals surface area contributed by atoms with Gasteiger partial charge in [-0.15, -0.1) is 0 Å². The van der Waals surface area contributed by atoms with E-state index in [1.807, 2.05) is 32.0 Å². The zero-order valence-corrected chi connectivity index (χ0v) is 12.0. The van der Waals surface area contributed by atoms with E-state index in [1.165, 1.54) is 5.56 Å². The van der Waals surface area contributed by atoms with Crippen molar-refractivity contribution in [2.24, 2.45) is 0 Å². The van der Waals surface area contributed by atoms with Crippen LogP contribution in [0.1, 0.15) is 11.1 Å². The summed E-state index contributed by atoms with van der Waals surface area (Å²) in [6, 6.07) is 5.89. The predicted octanol–water partition coefficient (Wildman–Crippen LogP) is 0.983. The number of aryl methyl sites for hydroxylation is 2. The van der Waals surface area contributed by atoms with Crippen molar-refractivity contribution in [1.82, 2.24) is 9.80 Å². The Balaban J connectivity index is 1.85. The minimum Gasteiger partial charge on any atom is -0.484 e. The van der Waals surface area contributed by atoms with Gasteiger partial charge in [0.1, 0.15) is 5.75 Å². The van der Waals surface area contributed by atoms with Crippen LogP contribution in [0.15, 0.2) is 18.2 Å². The van der Waals surface area contributed by atoms with Crippen LogP contribution in [0.5, 0.6) is 5.75 Å². The molecule has 0 radical (unpaired) electrons. The van der Waals surface area contributed by atoms with Crippen molar-refractivity contribution >= 4 is 12.3 Å². The number of piperazine rings is 1. The van der Waals surface area contributed by atoms with E-state index in [4.69, 9.17) is 4.74 Å². The predicted molar refractivity (Wildman–Crippen MR) is 75.6 cm³/mol. The Bertz CT molecular complexity index is 494. The Morgan fingerprint density at radius 2 is 1.95 bits per heavy atom. The number of carbonyl (C=O) groups excluding carboxylic acids is 2. The topological polar surface area (TPSA) is 49.9 Å². The van der Waals surface area contributed by atoms with E-state index >= 15 is 0 Å². The lowest BCUT2D eigenvalue weighted by molar-refractivity contribution is -0.137. The van der Waals surface area contributed by atoms with E-state index in [-0.39, 0.29) is 12.5 Å². The molecule has 1 heterocycles. The summed E-state index contributed by atoms with van der Waals surface area (Å²) in [5, 5.41) is 0. The fourth-order valence-corrected chi connectivity index (χ4v) is 2.27. The van der Waals surface area contributed by atoms with Crippen LogP contribution in [0.4, 0.5) is 0 Å². The molecule has 20 heavy (non-hydrogen) atoms. The number of carbonyl (C=O) groups is 2. The molecule has 0 N–H and O–H groups in total. The molecule has 2 amide bonds. The number of benzene rings is 1. The smallest absolute Gasteiger partial charge is 0.260 e. The molecule has 0 aliphatic carbocycles. The van der Waals surface area contributed by atoms with Crippen LogP contribution < -0.4 is 4.74 Å². The van der Waals surface area contributed by atoms with E-state index in [0.717, 1.165) is 17.7 Å². The molecule has 1 aliphatic rings. The molecule has 1 aromatic carbocycles. The van der Waals surface area contributed by atoms with Gasteiger partial charge in [0.05, 0.1) is 0 Å². The van der Waals surface area contributed by atoms with E-state index < -0.39 is 0 Å². The number of amides is 2. The summed E-state index contributed by atoms with van der Waals surface area (Å²) in [6.45, 7) is 6.38. The van der Waals surface area contributed by atoms with Crippen molar-refractivity contribution in [3.8, 4) is 5.75 Å². The number of rotatable bonds is 4. The second-order valence-corrected chi connectivity index (χ2v) is 5.08. The van der Waals surface area contributed by atoms with Gasteiger partial charge in [-0.25, -0.2) is 0 Å². The average molecular weight is 276 g/mol. The molecular weight excluding hydrogens is 256 g/mol. The summed E-state index contributed by atoms with van der Waals surface area (Å²) < 4.78 is 5.59. The third-order valence-electron chi connectivity index (χ3n) is 3.50. The molecular formula is C15H20N2O3. The van der Waals surface area contributed by atoms with Crippen LogP contribution in [0.25, 0.3) is 0 Å². The fourth-order valence-electron chi connectivity index (χ4n) is 2.27. The normalized spacial score (nSPS) is 15.1. The first-order valence-electron chi connectivity index (χ1n) is 6.77. The van der Waals surface area contributed by atoms with Gasteiger partial charge in [0.2, 0.25) is 6.41 Å². The van der Waals surface area contributed by atoms with Gasteiger partial charge in [-0.1, -0.05) is 17.7 Å². The van der Waals surface area contributed by atoms with Crippen LogP contribution >= 0.6 is 0 Å². The van der Waals surface area contributed by atoms with Crippen molar-refractivity contribution < 1.29 is 14.3 Å². The first kappa shape index (κ1) is 14.4. The van der Waals surface area contributed by atoms with Gasteiger partial charge >= 0.3 is 0 Å². The maximum absolute atomic E-state index is 12.0. The van der Waals surface area contributed by atoms with Gasteiger partial charge in [-0.2, -0.15) is 0 Å². The second-order valence-electron chi connectivity index (χ2n) is 5.08. The van der Waals surface area contributed by atoms with Crippen LogP contribution in [-0.2, 0) is 9.59 Å². The largest absolute Gasteiger partial charge is 0.484 e. The molecule has 0 spiro atoms. The van der Waals surface area contributed by atoms with E-state index in [1.54, 1.807) is 9.80 Å². The minimum atomic E-state index is -0.0319. The Morgan fingerprint density at radius 1 is 1.25 bits per heavy atom. The molecule has 0 saturated carbocycles. The highest BCUT2D eigenvalue weighted by molar-refractivity contribution is 5.78. The molecule has 0 bridgehead atoms. The van der Waals surface area contributed by atoms with Crippen molar-refractivity contribution in [2.45, 2.75) is 13.8 Å². The lowest BCUT2D eigenvalue weighted by atomic mass is 10.1. The summed E-state index contributed by atoms with van der Waals surface area (Å²) in [7, 11) is 0. The van der Waals surface area contributed by atoms with Crippen LogP contribution in [0.2, 0.25) is 0 Å². The van der Waals surface area contributed by atoms with Gasteiger partial charge in [-0.05, 0) is 25.5 Å². The molecule has 1 aliphatic heterocycles. The van der Waals surface area contributed by atoms with Gasteiger partial charge in [0.15, 0.2) is 6.61 Å². The van der Waals surface area contributed by atoms with E-state index in [9.17, 15) is 9.59 Å². The summed E-state index contributed by atoms with van der Waals surface area (Å²) in [6.07, 6.45) is 0.827. The van der Waals surface area contributed by atoms with E-state index in [2.05, 4.69) is 0 Å². The Labute approximate surface area is 119 Å². The lowest BCUT2D eigenvalue weighted by Crippen LogP contribution is -2.49. The standard InChI is InChI=1S/C15H20N2O3/c1-12-3-4-14(13(2)9-12)20-10-15(19)17-7-5-16(11-18)6-8-17/h3-4,9,11H,5-8,10H2,1-2H3. The molecule has 5 heteroatoms. The summed E-state index contributed by atoms with van der Waals surface area (Å²) in [4.78, 5) is 26.1. The highest BCUT2D eigenvalue weighted by Crippen LogP contribution is 2.18. The molecule has 1 saturated heterocycles. The van der Waals surface area contributed by atoms with Crippen molar-refractivity contribution in [1.29, 1.82) is 0 Å². The number of ether oxygens (including phenoxy) is 1. The first-order valence-corrected chi connectivity index (χ1v) is 6.77. The molecule has 0 atom stereocenters. The molecule has 2 rings (SSSR count). The number of nitrogens with zero attached hydrogens (tertiary/aromatic N) is 2. The summed E-state index contributed by atoms with van der Waals surface area (Å²) in [5.74, 6) is 0.714. The zero-order chi connectivity index (χ0) is 14.5. The third kappa shape index (κ3) is 3.50. The maximum atomic E-state index is 12.0. The first-order chi connectivity index (χ1) is 9.60. The van der Waals surface area contributed by atoms with Gasteiger partial charge in [0, 0.05) is 26.2 Å². The molecule has 108 valence electrons. The second kappa shape index (κ2) is 6.41. The third-order valence-corrected chi connectivity index (χ3v) is 3.50. The minimum absolute atomic E-state index is 0.0319. The molecule has 1 fully saturated rings. The molecule has 1 aromatic rings. The Morgan fingerprint density at radius 3 is 2.55 bits per heavy atom. The van der Waals surface area contributed by atoms with Gasteiger partial charge in [0.25, 0.3) is 5.91 Å². The highest BCUT2D eigenvalue weighted by atomic mass is 16.5. The quantitative estimate of drug-likeness (QED) is 0.770. The Hall–Kier alpha value is -2.04. The van der Waals surface area contributed by atoms with Crippen LogP contribution in [0.3, 0.4) is 0 Å². The Kier molecular flexibility index (Phi) is 4.61. The number of hydrogen-bond acceptors (Lipinski definition) is 3. The maximum Gasteiger partial charge on any atom is 0.260 e.